The highest BCUT2D eigenvalue weighted by Gasteiger charge is 2.20. The third-order valence-corrected chi connectivity index (χ3v) is 7.14. The number of nitrogens with one attached hydrogen (secondary N) is 1. The first-order valence-electron chi connectivity index (χ1n) is 10.3. The number of nitrogens with zero attached hydrogens (tertiary/aromatic N) is 3. The zero-order chi connectivity index (χ0) is 23.4. The topological polar surface area (TPSA) is 59.8 Å². The van der Waals surface area contributed by atoms with E-state index in [0.29, 0.717) is 22.4 Å². The molecule has 2 aromatic heterocycles. The molecule has 0 atom stereocenters. The molecule has 0 aliphatic rings. The van der Waals surface area contributed by atoms with Crippen LogP contribution in [0.3, 0.4) is 0 Å². The standard InChI is InChI=1S/C25H23ClN4OS2/c1-4-12-30-24(21-14-32-17(3)23(21)18-10-8-16(2)9-11-18)28-29-25(30)33-15-22(31)27-20-7-5-6-19(26)13-20/h4-11,13-14H,1,12,15H2,2-3H3,(H,27,31). The Kier molecular flexibility index (Phi) is 7.33. The minimum absolute atomic E-state index is 0.135. The highest BCUT2D eigenvalue weighted by molar-refractivity contribution is 7.99. The lowest BCUT2D eigenvalue weighted by molar-refractivity contribution is -0.113. The number of hydrogen-bond acceptors (Lipinski definition) is 5. The molecule has 4 aromatic rings. The summed E-state index contributed by atoms with van der Waals surface area (Å²) >= 11 is 9.03. The quantitative estimate of drug-likeness (QED) is 0.215. The Bertz CT molecular complexity index is 1290. The van der Waals surface area contributed by atoms with Crippen LogP contribution >= 0.6 is 34.7 Å². The molecule has 0 unspecified atom stereocenters. The van der Waals surface area contributed by atoms with Crippen molar-refractivity contribution in [3.63, 3.8) is 0 Å². The van der Waals surface area contributed by atoms with E-state index in [9.17, 15) is 4.79 Å². The van der Waals surface area contributed by atoms with Crippen LogP contribution in [0.25, 0.3) is 22.5 Å². The predicted octanol–water partition coefficient (Wildman–Crippen LogP) is 6.86. The number of anilines is 1. The number of aryl methyl sites for hydroxylation is 2. The number of aromatic nitrogens is 3. The average molecular weight is 495 g/mol. The van der Waals surface area contributed by atoms with Crippen LogP contribution in [0.5, 0.6) is 0 Å². The van der Waals surface area contributed by atoms with Gasteiger partial charge in [0.2, 0.25) is 5.91 Å². The van der Waals surface area contributed by atoms with Gasteiger partial charge in [-0.3, -0.25) is 9.36 Å². The van der Waals surface area contributed by atoms with E-state index in [2.05, 4.69) is 65.6 Å². The Morgan fingerprint density at radius 2 is 2.00 bits per heavy atom. The monoisotopic (exact) mass is 494 g/mol. The van der Waals surface area contributed by atoms with Gasteiger partial charge >= 0.3 is 0 Å². The molecule has 33 heavy (non-hydrogen) atoms. The molecule has 8 heteroatoms. The van der Waals surface area contributed by atoms with Crippen LogP contribution in [0.15, 0.2) is 71.7 Å². The minimum atomic E-state index is -0.135. The summed E-state index contributed by atoms with van der Waals surface area (Å²) in [4.78, 5) is 13.7. The number of halogens is 1. The van der Waals surface area contributed by atoms with Crippen LogP contribution in [-0.2, 0) is 11.3 Å². The molecule has 0 aliphatic carbocycles. The lowest BCUT2D eigenvalue weighted by Crippen LogP contribution is -2.14. The van der Waals surface area contributed by atoms with E-state index in [1.807, 2.05) is 10.6 Å². The Labute approximate surface area is 206 Å². The highest BCUT2D eigenvalue weighted by atomic mass is 35.5. The molecule has 1 amide bonds. The summed E-state index contributed by atoms with van der Waals surface area (Å²) in [6.45, 7) is 8.64. The summed E-state index contributed by atoms with van der Waals surface area (Å²) in [7, 11) is 0. The van der Waals surface area contributed by atoms with Gasteiger partial charge in [0.25, 0.3) is 0 Å². The van der Waals surface area contributed by atoms with Crippen molar-refractivity contribution in [2.24, 2.45) is 0 Å². The molecule has 0 fully saturated rings. The van der Waals surface area contributed by atoms with Crippen molar-refractivity contribution in [1.29, 1.82) is 0 Å². The van der Waals surface area contributed by atoms with Crippen molar-refractivity contribution in [3.05, 3.63) is 82.0 Å². The molecule has 5 nitrogen and oxygen atoms in total. The minimum Gasteiger partial charge on any atom is -0.325 e. The van der Waals surface area contributed by atoms with E-state index < -0.39 is 0 Å². The smallest absolute Gasteiger partial charge is 0.234 e. The number of carbonyl (C=O) groups excluding carboxylic acids is 1. The fraction of sp³-hybridized carbons (Fsp3) is 0.160. The molecule has 1 N–H and O–H groups in total. The molecule has 2 heterocycles. The van der Waals surface area contributed by atoms with Gasteiger partial charge in [-0.25, -0.2) is 0 Å². The van der Waals surface area contributed by atoms with Crippen LogP contribution in [0.4, 0.5) is 5.69 Å². The second-order valence-corrected chi connectivity index (χ2v) is 9.96. The third kappa shape index (κ3) is 5.38. The van der Waals surface area contributed by atoms with E-state index in [1.54, 1.807) is 35.6 Å². The van der Waals surface area contributed by atoms with Gasteiger partial charge in [-0.2, -0.15) is 0 Å². The first-order valence-corrected chi connectivity index (χ1v) is 12.6. The number of rotatable bonds is 8. The van der Waals surface area contributed by atoms with Crippen LogP contribution in [-0.4, -0.2) is 26.4 Å². The average Bonchev–Trinajstić information content (AvgIpc) is 3.36. The van der Waals surface area contributed by atoms with Crippen LogP contribution in [0.2, 0.25) is 5.02 Å². The molecule has 0 radical (unpaired) electrons. The fourth-order valence-corrected chi connectivity index (χ4v) is 5.28. The van der Waals surface area contributed by atoms with Crippen molar-refractivity contribution >= 4 is 46.3 Å². The van der Waals surface area contributed by atoms with E-state index in [0.717, 1.165) is 22.5 Å². The molecule has 0 bridgehead atoms. The largest absolute Gasteiger partial charge is 0.325 e. The summed E-state index contributed by atoms with van der Waals surface area (Å²) in [5, 5.41) is 15.1. The number of thioether (sulfide) groups is 1. The predicted molar refractivity (Wildman–Crippen MR) is 139 cm³/mol. The lowest BCUT2D eigenvalue weighted by Gasteiger charge is -2.10. The number of allylic oxidation sites excluding steroid dienone is 1. The normalized spacial score (nSPS) is 10.9. The van der Waals surface area contributed by atoms with Crippen molar-refractivity contribution < 1.29 is 4.79 Å². The number of amides is 1. The Morgan fingerprint density at radius 1 is 1.21 bits per heavy atom. The molecule has 2 aromatic carbocycles. The van der Waals surface area contributed by atoms with E-state index in [-0.39, 0.29) is 11.7 Å². The first kappa shape index (κ1) is 23.3. The molecule has 0 saturated heterocycles. The van der Waals surface area contributed by atoms with Crippen LogP contribution in [0, 0.1) is 13.8 Å². The molecule has 168 valence electrons. The van der Waals surface area contributed by atoms with Gasteiger partial charge in [0.05, 0.1) is 5.75 Å². The Morgan fingerprint density at radius 3 is 2.73 bits per heavy atom. The fourth-order valence-electron chi connectivity index (χ4n) is 3.48. The SMILES string of the molecule is C=CCn1c(SCC(=O)Nc2cccc(Cl)c2)nnc1-c1csc(C)c1-c1ccc(C)cc1. The van der Waals surface area contributed by atoms with Gasteiger partial charge in [0, 0.05) is 38.6 Å². The summed E-state index contributed by atoms with van der Waals surface area (Å²) in [5.41, 5.74) is 5.23. The Balaban J connectivity index is 1.58. The second-order valence-electron chi connectivity index (χ2n) is 7.50. The maximum absolute atomic E-state index is 12.5. The zero-order valence-electron chi connectivity index (χ0n) is 18.3. The maximum atomic E-state index is 12.5. The van der Waals surface area contributed by atoms with E-state index >= 15 is 0 Å². The lowest BCUT2D eigenvalue weighted by atomic mass is 10.0. The van der Waals surface area contributed by atoms with E-state index in [1.165, 1.54) is 22.2 Å². The molecular weight excluding hydrogens is 472 g/mol. The second kappa shape index (κ2) is 10.4. The van der Waals surface area contributed by atoms with Crippen LogP contribution < -0.4 is 5.32 Å². The molecular formula is C25H23ClN4OS2. The number of benzene rings is 2. The van der Waals surface area contributed by atoms with Gasteiger partial charge in [0.1, 0.15) is 0 Å². The van der Waals surface area contributed by atoms with Crippen molar-refractivity contribution in [2.75, 3.05) is 11.1 Å². The van der Waals surface area contributed by atoms with Gasteiger partial charge in [-0.1, -0.05) is 65.3 Å². The van der Waals surface area contributed by atoms with Gasteiger partial charge < -0.3 is 5.32 Å². The number of hydrogen-bond donors (Lipinski definition) is 1. The third-order valence-electron chi connectivity index (χ3n) is 5.03. The zero-order valence-corrected chi connectivity index (χ0v) is 20.7. The van der Waals surface area contributed by atoms with Gasteiger partial charge in [0.15, 0.2) is 11.0 Å². The van der Waals surface area contributed by atoms with Gasteiger partial charge in [-0.05, 0) is 37.6 Å². The van der Waals surface area contributed by atoms with Crippen molar-refractivity contribution in [3.8, 4) is 22.5 Å². The van der Waals surface area contributed by atoms with Crippen molar-refractivity contribution in [2.45, 2.75) is 25.5 Å². The summed E-state index contributed by atoms with van der Waals surface area (Å²) < 4.78 is 2.00. The Hall–Kier alpha value is -2.87. The first-order chi connectivity index (χ1) is 16.0. The maximum Gasteiger partial charge on any atom is 0.234 e. The van der Waals surface area contributed by atoms with E-state index in [4.69, 9.17) is 11.6 Å². The van der Waals surface area contributed by atoms with Crippen molar-refractivity contribution in [1.82, 2.24) is 14.8 Å². The number of carbonyl (C=O) groups is 1. The molecule has 0 aliphatic heterocycles. The summed E-state index contributed by atoms with van der Waals surface area (Å²) in [6.07, 6.45) is 1.81. The summed E-state index contributed by atoms with van der Waals surface area (Å²) in [6, 6.07) is 15.6. The van der Waals surface area contributed by atoms with Crippen LogP contribution in [0.1, 0.15) is 10.4 Å². The highest BCUT2D eigenvalue weighted by Crippen LogP contribution is 2.39. The number of thiophene rings is 1. The molecule has 0 saturated carbocycles. The molecule has 0 spiro atoms. The molecule has 4 rings (SSSR count). The van der Waals surface area contributed by atoms with Gasteiger partial charge in [-0.15, -0.1) is 28.1 Å². The summed E-state index contributed by atoms with van der Waals surface area (Å²) in [5.74, 6) is 0.839.